The zero-order valence-corrected chi connectivity index (χ0v) is 17.0. The predicted molar refractivity (Wildman–Crippen MR) is 107 cm³/mol. The molecular formula is C21H28N6O2. The second kappa shape index (κ2) is 5.90. The van der Waals surface area contributed by atoms with E-state index in [4.69, 9.17) is 4.98 Å². The standard InChI is InChI=1S/C21H28N6O2/c1-21(29)8-12-6-13(21)7-15(12)27-11-24-17-18(22-10-23-19(17)27)26-5-3-4-14-16(26)9-25(2)20(14)28/h10-16,29H,3-9H2,1-2H3/t12-,13-,14-,15-,16-,21+/m1/s1. The van der Waals surface area contributed by atoms with E-state index < -0.39 is 5.60 Å². The number of amides is 1. The Balaban J connectivity index is 1.36. The fourth-order valence-corrected chi connectivity index (χ4v) is 6.65. The van der Waals surface area contributed by atoms with Gasteiger partial charge in [-0.15, -0.1) is 0 Å². The van der Waals surface area contributed by atoms with E-state index in [1.165, 1.54) is 0 Å². The number of carbonyl (C=O) groups is 1. The van der Waals surface area contributed by atoms with Crippen molar-refractivity contribution < 1.29 is 9.90 Å². The lowest BCUT2D eigenvalue weighted by Gasteiger charge is -2.36. The van der Waals surface area contributed by atoms with E-state index in [0.717, 1.165) is 62.2 Å². The van der Waals surface area contributed by atoms with Crippen LogP contribution in [-0.4, -0.2) is 67.2 Å². The summed E-state index contributed by atoms with van der Waals surface area (Å²) in [6.45, 7) is 3.63. The molecular weight excluding hydrogens is 368 g/mol. The number of likely N-dealkylation sites (tertiary alicyclic amines) is 1. The summed E-state index contributed by atoms with van der Waals surface area (Å²) in [5.74, 6) is 2.02. The van der Waals surface area contributed by atoms with E-state index >= 15 is 0 Å². The first-order valence-electron chi connectivity index (χ1n) is 10.9. The molecule has 2 saturated heterocycles. The van der Waals surface area contributed by atoms with Gasteiger partial charge in [0, 0.05) is 26.2 Å². The van der Waals surface area contributed by atoms with E-state index in [9.17, 15) is 9.90 Å². The van der Waals surface area contributed by atoms with Crippen LogP contribution in [0, 0.1) is 17.8 Å². The highest BCUT2D eigenvalue weighted by molar-refractivity contribution is 5.86. The lowest BCUT2D eigenvalue weighted by atomic mass is 9.83. The van der Waals surface area contributed by atoms with Crippen LogP contribution in [0.3, 0.4) is 0 Å². The Morgan fingerprint density at radius 2 is 2.07 bits per heavy atom. The normalized spacial score (nSPS) is 39.0. The number of piperidine rings is 1. The molecule has 8 nitrogen and oxygen atoms in total. The molecule has 2 aromatic heterocycles. The van der Waals surface area contributed by atoms with Gasteiger partial charge < -0.3 is 19.5 Å². The van der Waals surface area contributed by atoms with Crippen LogP contribution in [-0.2, 0) is 4.79 Å². The Morgan fingerprint density at radius 1 is 1.21 bits per heavy atom. The van der Waals surface area contributed by atoms with Crippen molar-refractivity contribution in [1.29, 1.82) is 0 Å². The van der Waals surface area contributed by atoms with Crippen molar-refractivity contribution in [1.82, 2.24) is 24.4 Å². The number of imidazole rings is 1. The molecule has 4 aliphatic rings. The smallest absolute Gasteiger partial charge is 0.227 e. The summed E-state index contributed by atoms with van der Waals surface area (Å²) < 4.78 is 2.22. The van der Waals surface area contributed by atoms with Crippen molar-refractivity contribution in [2.75, 3.05) is 25.0 Å². The van der Waals surface area contributed by atoms with Crippen molar-refractivity contribution in [3.63, 3.8) is 0 Å². The number of hydrogen-bond donors (Lipinski definition) is 1. The summed E-state index contributed by atoms with van der Waals surface area (Å²) in [5, 5.41) is 10.6. The van der Waals surface area contributed by atoms with Crippen LogP contribution in [0.25, 0.3) is 11.2 Å². The molecule has 2 bridgehead atoms. The molecule has 4 heterocycles. The van der Waals surface area contributed by atoms with Gasteiger partial charge in [0.25, 0.3) is 0 Å². The van der Waals surface area contributed by atoms with Gasteiger partial charge >= 0.3 is 0 Å². The van der Waals surface area contributed by atoms with Crippen molar-refractivity contribution in [3.8, 4) is 0 Å². The molecule has 2 saturated carbocycles. The van der Waals surface area contributed by atoms with Gasteiger partial charge in [-0.3, -0.25) is 4.79 Å². The first-order chi connectivity index (χ1) is 13.9. The molecule has 1 amide bonds. The topological polar surface area (TPSA) is 87.4 Å². The summed E-state index contributed by atoms with van der Waals surface area (Å²) in [6, 6.07) is 0.517. The van der Waals surface area contributed by atoms with E-state index in [-0.39, 0.29) is 17.9 Å². The molecule has 8 heteroatoms. The Bertz CT molecular complexity index is 987. The molecule has 6 rings (SSSR count). The van der Waals surface area contributed by atoms with Gasteiger partial charge in [0.05, 0.1) is 23.9 Å². The summed E-state index contributed by atoms with van der Waals surface area (Å²) in [4.78, 5) is 30.6. The number of anilines is 1. The Hall–Kier alpha value is -2.22. The second-order valence-electron chi connectivity index (χ2n) is 9.81. The largest absolute Gasteiger partial charge is 0.390 e. The summed E-state index contributed by atoms with van der Waals surface area (Å²) >= 11 is 0. The van der Waals surface area contributed by atoms with Crippen molar-refractivity contribution in [2.45, 2.75) is 56.7 Å². The minimum atomic E-state index is -0.526. The van der Waals surface area contributed by atoms with E-state index in [2.05, 4.69) is 19.4 Å². The number of carbonyl (C=O) groups excluding carboxylic acids is 1. The van der Waals surface area contributed by atoms with Crippen LogP contribution in [0.15, 0.2) is 12.7 Å². The minimum Gasteiger partial charge on any atom is -0.390 e. The minimum absolute atomic E-state index is 0.0636. The van der Waals surface area contributed by atoms with Gasteiger partial charge in [-0.2, -0.15) is 0 Å². The van der Waals surface area contributed by atoms with Gasteiger partial charge in [0.2, 0.25) is 5.91 Å². The van der Waals surface area contributed by atoms with Crippen molar-refractivity contribution >= 4 is 22.9 Å². The summed E-state index contributed by atoms with van der Waals surface area (Å²) in [6.07, 6.45) is 8.42. The maximum absolute atomic E-state index is 12.5. The van der Waals surface area contributed by atoms with E-state index in [0.29, 0.717) is 17.9 Å². The van der Waals surface area contributed by atoms with E-state index in [1.54, 1.807) is 6.33 Å². The van der Waals surface area contributed by atoms with Gasteiger partial charge in [0.15, 0.2) is 17.0 Å². The molecule has 6 atom stereocenters. The number of hydrogen-bond acceptors (Lipinski definition) is 6. The lowest BCUT2D eigenvalue weighted by molar-refractivity contribution is -0.130. The Morgan fingerprint density at radius 3 is 2.83 bits per heavy atom. The first-order valence-corrected chi connectivity index (χ1v) is 10.9. The molecule has 2 aromatic rings. The van der Waals surface area contributed by atoms with Crippen LogP contribution < -0.4 is 4.90 Å². The molecule has 0 spiro atoms. The molecule has 2 aliphatic carbocycles. The molecule has 154 valence electrons. The SMILES string of the molecule is CN1C[C@@H]2[C@@H](CCCN2c2ncnc3c2ncn3[C@@H]2C[C@H]3C[C@@H]2C[C@]3(C)O)C1=O. The number of aliphatic hydroxyl groups is 1. The summed E-state index contributed by atoms with van der Waals surface area (Å²) in [5.41, 5.74) is 1.19. The Labute approximate surface area is 169 Å². The highest BCUT2D eigenvalue weighted by atomic mass is 16.3. The zero-order valence-electron chi connectivity index (χ0n) is 17.0. The van der Waals surface area contributed by atoms with E-state index in [1.807, 2.05) is 25.2 Å². The number of nitrogens with zero attached hydrogens (tertiary/aromatic N) is 6. The fourth-order valence-electron chi connectivity index (χ4n) is 6.65. The lowest BCUT2D eigenvalue weighted by Crippen LogP contribution is -2.46. The first kappa shape index (κ1) is 17.6. The van der Waals surface area contributed by atoms with Crippen LogP contribution >= 0.6 is 0 Å². The van der Waals surface area contributed by atoms with Gasteiger partial charge in [0.1, 0.15) is 6.33 Å². The van der Waals surface area contributed by atoms with Crippen LogP contribution in [0.5, 0.6) is 0 Å². The maximum Gasteiger partial charge on any atom is 0.227 e. The average Bonchev–Trinajstić information content (AvgIpc) is 3.43. The number of rotatable bonds is 2. The van der Waals surface area contributed by atoms with Gasteiger partial charge in [-0.25, -0.2) is 15.0 Å². The summed E-state index contributed by atoms with van der Waals surface area (Å²) in [7, 11) is 1.90. The highest BCUT2D eigenvalue weighted by Gasteiger charge is 2.52. The molecule has 4 fully saturated rings. The average molecular weight is 396 g/mol. The highest BCUT2D eigenvalue weighted by Crippen LogP contribution is 2.56. The monoisotopic (exact) mass is 396 g/mol. The molecule has 1 N–H and O–H groups in total. The second-order valence-corrected chi connectivity index (χ2v) is 9.81. The van der Waals surface area contributed by atoms with Crippen LogP contribution in [0.2, 0.25) is 0 Å². The molecule has 29 heavy (non-hydrogen) atoms. The van der Waals surface area contributed by atoms with Crippen molar-refractivity contribution in [2.24, 2.45) is 17.8 Å². The third-order valence-electron chi connectivity index (χ3n) is 8.11. The quantitative estimate of drug-likeness (QED) is 0.830. The maximum atomic E-state index is 12.5. The number of likely N-dealkylation sites (N-methyl/N-ethyl adjacent to an activating group) is 1. The molecule has 2 aliphatic heterocycles. The predicted octanol–water partition coefficient (Wildman–Crippen LogP) is 1.61. The van der Waals surface area contributed by atoms with Crippen molar-refractivity contribution in [3.05, 3.63) is 12.7 Å². The molecule has 0 unspecified atom stereocenters. The third-order valence-corrected chi connectivity index (χ3v) is 8.11. The molecule has 0 aromatic carbocycles. The third kappa shape index (κ3) is 2.41. The van der Waals surface area contributed by atoms with Crippen LogP contribution in [0.4, 0.5) is 5.82 Å². The number of fused-ring (bicyclic) bond motifs is 4. The zero-order chi connectivity index (χ0) is 19.9. The van der Waals surface area contributed by atoms with Gasteiger partial charge in [-0.05, 0) is 50.9 Å². The van der Waals surface area contributed by atoms with Gasteiger partial charge in [-0.1, -0.05) is 0 Å². The molecule has 0 radical (unpaired) electrons. The Kier molecular flexibility index (Phi) is 3.59. The fraction of sp³-hybridized carbons (Fsp3) is 0.714. The number of aromatic nitrogens is 4. The van der Waals surface area contributed by atoms with Crippen LogP contribution in [0.1, 0.15) is 45.1 Å².